The fraction of sp³-hybridized carbons (Fsp3) is 0.333. The Kier molecular flexibility index (Phi) is 5.24. The van der Waals surface area contributed by atoms with Crippen LogP contribution in [0.2, 0.25) is 10.0 Å². The number of anilines is 1. The van der Waals surface area contributed by atoms with Crippen LogP contribution in [-0.4, -0.2) is 21.5 Å². The Hall–Kier alpha value is -1.93. The normalized spacial score (nSPS) is 12.2. The van der Waals surface area contributed by atoms with Gasteiger partial charge in [-0.05, 0) is 39.0 Å². The van der Waals surface area contributed by atoms with E-state index in [0.29, 0.717) is 4.68 Å². The first-order chi connectivity index (χ1) is 11.4. The second-order valence-electron chi connectivity index (χ2n) is 6.07. The molecule has 1 aromatic heterocycles. The molecule has 0 bridgehead atoms. The largest absolute Gasteiger partial charge is 0.444 e. The predicted octanol–water partition coefficient (Wildman–Crippen LogP) is 5.54. The van der Waals surface area contributed by atoms with Gasteiger partial charge in [-0.15, -0.1) is 0 Å². The van der Waals surface area contributed by atoms with Crippen molar-refractivity contribution in [2.45, 2.75) is 32.5 Å². The van der Waals surface area contributed by atoms with Gasteiger partial charge in [0.05, 0.1) is 17.6 Å². The lowest BCUT2D eigenvalue weighted by Crippen LogP contribution is -2.28. The summed E-state index contributed by atoms with van der Waals surface area (Å²) in [4.78, 5) is 11.8. The molecule has 1 aromatic carbocycles. The fourth-order valence-corrected chi connectivity index (χ4v) is 2.50. The molecule has 0 saturated carbocycles. The molecule has 25 heavy (non-hydrogen) atoms. The standard InChI is InChI=1S/C15H14Cl2F3N3O2/c1-14(2,3)25-13(24)22-11-7-21-23(12(11)15(18,19)20)10-5-8(16)4-9(17)6-10/h4-7H,1-3H3,(H,22,24). The van der Waals surface area contributed by atoms with Crippen LogP contribution in [0.25, 0.3) is 5.69 Å². The molecule has 2 aromatic rings. The zero-order valence-electron chi connectivity index (χ0n) is 13.4. The number of benzene rings is 1. The summed E-state index contributed by atoms with van der Waals surface area (Å²) in [6.45, 7) is 4.78. The molecule has 0 atom stereocenters. The molecule has 0 fully saturated rings. The van der Waals surface area contributed by atoms with E-state index >= 15 is 0 Å². The number of hydrogen-bond donors (Lipinski definition) is 1. The lowest BCUT2D eigenvalue weighted by molar-refractivity contribution is -0.142. The molecule has 0 saturated heterocycles. The highest BCUT2D eigenvalue weighted by Gasteiger charge is 2.39. The molecule has 0 spiro atoms. The minimum Gasteiger partial charge on any atom is -0.444 e. The summed E-state index contributed by atoms with van der Waals surface area (Å²) < 4.78 is 46.1. The predicted molar refractivity (Wildman–Crippen MR) is 88.4 cm³/mol. The van der Waals surface area contributed by atoms with E-state index < -0.39 is 29.3 Å². The molecule has 10 heteroatoms. The number of nitrogens with one attached hydrogen (secondary N) is 1. The summed E-state index contributed by atoms with van der Waals surface area (Å²) in [7, 11) is 0. The Morgan fingerprint density at radius 1 is 1.16 bits per heavy atom. The molecule has 1 amide bonds. The van der Waals surface area contributed by atoms with Gasteiger partial charge in [0, 0.05) is 10.0 Å². The highest BCUT2D eigenvalue weighted by molar-refractivity contribution is 6.34. The first-order valence-electron chi connectivity index (χ1n) is 6.98. The minimum absolute atomic E-state index is 0.00191. The van der Waals surface area contributed by atoms with E-state index in [0.717, 1.165) is 6.20 Å². The first kappa shape index (κ1) is 19.4. The van der Waals surface area contributed by atoms with Crippen LogP contribution in [0.15, 0.2) is 24.4 Å². The van der Waals surface area contributed by atoms with E-state index in [1.165, 1.54) is 18.2 Å². The maximum atomic E-state index is 13.5. The Labute approximate surface area is 151 Å². The van der Waals surface area contributed by atoms with E-state index in [4.69, 9.17) is 27.9 Å². The van der Waals surface area contributed by atoms with Crippen LogP contribution in [0.3, 0.4) is 0 Å². The molecule has 0 aliphatic heterocycles. The van der Waals surface area contributed by atoms with Gasteiger partial charge in [0.15, 0.2) is 5.69 Å². The van der Waals surface area contributed by atoms with Crippen molar-refractivity contribution in [1.82, 2.24) is 9.78 Å². The number of carbonyl (C=O) groups is 1. The van der Waals surface area contributed by atoms with Crippen molar-refractivity contribution in [2.24, 2.45) is 0 Å². The number of hydrogen-bond acceptors (Lipinski definition) is 3. The van der Waals surface area contributed by atoms with Gasteiger partial charge in [0.25, 0.3) is 0 Å². The van der Waals surface area contributed by atoms with Crippen LogP contribution in [0.4, 0.5) is 23.7 Å². The van der Waals surface area contributed by atoms with Gasteiger partial charge in [-0.1, -0.05) is 23.2 Å². The van der Waals surface area contributed by atoms with Crippen LogP contribution < -0.4 is 5.32 Å². The molecular weight excluding hydrogens is 382 g/mol. The molecule has 0 aliphatic carbocycles. The SMILES string of the molecule is CC(C)(C)OC(=O)Nc1cnn(-c2cc(Cl)cc(Cl)c2)c1C(F)(F)F. The minimum atomic E-state index is -4.80. The van der Waals surface area contributed by atoms with Crippen molar-refractivity contribution >= 4 is 35.0 Å². The summed E-state index contributed by atoms with van der Waals surface area (Å²) in [5.74, 6) is 0. The van der Waals surface area contributed by atoms with Crippen LogP contribution in [0.1, 0.15) is 26.5 Å². The van der Waals surface area contributed by atoms with Crippen molar-refractivity contribution in [1.29, 1.82) is 0 Å². The Morgan fingerprint density at radius 2 is 1.72 bits per heavy atom. The van der Waals surface area contributed by atoms with Crippen molar-refractivity contribution in [3.63, 3.8) is 0 Å². The molecule has 0 unspecified atom stereocenters. The third-order valence-electron chi connectivity index (χ3n) is 2.77. The van der Waals surface area contributed by atoms with E-state index in [1.807, 2.05) is 0 Å². The number of aromatic nitrogens is 2. The molecule has 136 valence electrons. The monoisotopic (exact) mass is 395 g/mol. The average Bonchev–Trinajstić information content (AvgIpc) is 2.78. The number of nitrogens with zero attached hydrogens (tertiary/aromatic N) is 2. The summed E-state index contributed by atoms with van der Waals surface area (Å²) in [5, 5.41) is 6.05. The third kappa shape index (κ3) is 5.02. The summed E-state index contributed by atoms with van der Waals surface area (Å²) in [6, 6.07) is 3.92. The van der Waals surface area contributed by atoms with Crippen molar-refractivity contribution in [3.05, 3.63) is 40.1 Å². The van der Waals surface area contributed by atoms with Crippen molar-refractivity contribution in [3.8, 4) is 5.69 Å². The van der Waals surface area contributed by atoms with E-state index in [-0.39, 0.29) is 15.7 Å². The van der Waals surface area contributed by atoms with E-state index in [2.05, 4.69) is 10.4 Å². The van der Waals surface area contributed by atoms with Gasteiger partial charge < -0.3 is 4.74 Å². The number of halogens is 5. The van der Waals surface area contributed by atoms with E-state index in [1.54, 1.807) is 20.8 Å². The molecule has 1 N–H and O–H groups in total. The van der Waals surface area contributed by atoms with Gasteiger partial charge in [0.2, 0.25) is 0 Å². The molecule has 1 heterocycles. The average molecular weight is 396 g/mol. The Bertz CT molecular complexity index is 778. The van der Waals surface area contributed by atoms with Crippen molar-refractivity contribution < 1.29 is 22.7 Å². The van der Waals surface area contributed by atoms with Crippen LogP contribution in [0, 0.1) is 0 Å². The zero-order valence-corrected chi connectivity index (χ0v) is 14.9. The molecular formula is C15H14Cl2F3N3O2. The maximum absolute atomic E-state index is 13.5. The molecule has 0 radical (unpaired) electrons. The second kappa shape index (κ2) is 6.76. The van der Waals surface area contributed by atoms with Gasteiger partial charge in [-0.2, -0.15) is 18.3 Å². The van der Waals surface area contributed by atoms with Crippen LogP contribution >= 0.6 is 23.2 Å². The number of rotatable bonds is 2. The number of ether oxygens (including phenoxy) is 1. The molecule has 2 rings (SSSR count). The van der Waals surface area contributed by atoms with Gasteiger partial charge >= 0.3 is 12.3 Å². The summed E-state index contributed by atoms with van der Waals surface area (Å²) in [5.41, 5.74) is -2.59. The van der Waals surface area contributed by atoms with Gasteiger partial charge in [-0.3, -0.25) is 5.32 Å². The van der Waals surface area contributed by atoms with E-state index in [9.17, 15) is 18.0 Å². The number of alkyl halides is 3. The van der Waals surface area contributed by atoms with Crippen molar-refractivity contribution in [2.75, 3.05) is 5.32 Å². The van der Waals surface area contributed by atoms with Gasteiger partial charge in [0.1, 0.15) is 5.60 Å². The van der Waals surface area contributed by atoms with Gasteiger partial charge in [-0.25, -0.2) is 9.48 Å². The Balaban J connectivity index is 2.47. The smallest absolute Gasteiger partial charge is 0.435 e. The quantitative estimate of drug-likeness (QED) is 0.725. The van der Waals surface area contributed by atoms with Crippen LogP contribution in [0.5, 0.6) is 0 Å². The summed E-state index contributed by atoms with van der Waals surface area (Å²) >= 11 is 11.7. The topological polar surface area (TPSA) is 56.1 Å². The third-order valence-corrected chi connectivity index (χ3v) is 3.20. The molecule has 0 aliphatic rings. The highest BCUT2D eigenvalue weighted by Crippen LogP contribution is 2.37. The summed E-state index contributed by atoms with van der Waals surface area (Å²) in [6.07, 6.45) is -4.95. The maximum Gasteiger partial charge on any atom is 0.435 e. The lowest BCUT2D eigenvalue weighted by Gasteiger charge is -2.20. The molecule has 5 nitrogen and oxygen atoms in total. The fourth-order valence-electron chi connectivity index (χ4n) is 1.98. The first-order valence-corrected chi connectivity index (χ1v) is 7.74. The zero-order chi connectivity index (χ0) is 19.0. The highest BCUT2D eigenvalue weighted by atomic mass is 35.5. The Morgan fingerprint density at radius 3 is 2.20 bits per heavy atom. The lowest BCUT2D eigenvalue weighted by atomic mass is 10.2. The second-order valence-corrected chi connectivity index (χ2v) is 6.94. The number of carbonyl (C=O) groups excluding carboxylic acids is 1. The van der Waals surface area contributed by atoms with Crippen LogP contribution in [-0.2, 0) is 10.9 Å². The number of amides is 1.